The summed E-state index contributed by atoms with van der Waals surface area (Å²) in [6, 6.07) is 0. The highest BCUT2D eigenvalue weighted by Crippen LogP contribution is 2.38. The molecule has 2 rings (SSSR count). The zero-order valence-electron chi connectivity index (χ0n) is 7.80. The molecule has 0 amide bonds. The van der Waals surface area contributed by atoms with Crippen molar-refractivity contribution in [1.82, 2.24) is 0 Å². The van der Waals surface area contributed by atoms with Crippen LogP contribution in [0.15, 0.2) is 11.3 Å². The molecule has 3 nitrogen and oxygen atoms in total. The molecule has 0 N–H and O–H groups in total. The number of rotatable bonds is 0. The third-order valence-corrected chi connectivity index (χ3v) is 2.72. The predicted octanol–water partition coefficient (Wildman–Crippen LogP) is 2.11. The predicted molar refractivity (Wildman–Crippen MR) is 47.8 cm³/mol. The van der Waals surface area contributed by atoms with E-state index in [4.69, 9.17) is 16.0 Å². The second-order valence-electron chi connectivity index (χ2n) is 3.62. The molecule has 0 saturated carbocycles. The van der Waals surface area contributed by atoms with Crippen molar-refractivity contribution >= 4 is 0 Å². The minimum Gasteiger partial charge on any atom is -0.347 e. The number of hydrogen-bond donors (Lipinski definition) is 0. The number of nitrogens with zero attached hydrogens (tertiary/aromatic N) is 1. The van der Waals surface area contributed by atoms with Crippen LogP contribution in [0.1, 0.15) is 26.2 Å². The third-order valence-electron chi connectivity index (χ3n) is 2.72. The van der Waals surface area contributed by atoms with Crippen molar-refractivity contribution in [2.45, 2.75) is 32.0 Å². The summed E-state index contributed by atoms with van der Waals surface area (Å²) in [4.78, 5) is 3.50. The fourth-order valence-corrected chi connectivity index (χ4v) is 2.01. The molecular weight excluding hydrogens is 166 g/mol. The SMILES string of the molecule is [C-]#[N+]C1=C(C)CC2(CC1)OCCO2. The van der Waals surface area contributed by atoms with Crippen molar-refractivity contribution < 1.29 is 9.47 Å². The van der Waals surface area contributed by atoms with E-state index in [0.29, 0.717) is 13.2 Å². The topological polar surface area (TPSA) is 22.8 Å². The van der Waals surface area contributed by atoms with Gasteiger partial charge in [0.15, 0.2) is 11.5 Å². The first-order chi connectivity index (χ1) is 6.26. The molecule has 1 aliphatic heterocycles. The van der Waals surface area contributed by atoms with Gasteiger partial charge >= 0.3 is 0 Å². The van der Waals surface area contributed by atoms with Crippen LogP contribution in [0.4, 0.5) is 0 Å². The average molecular weight is 179 g/mol. The molecule has 2 aliphatic rings. The summed E-state index contributed by atoms with van der Waals surface area (Å²) in [6.07, 6.45) is 2.40. The van der Waals surface area contributed by atoms with E-state index < -0.39 is 0 Å². The van der Waals surface area contributed by atoms with Gasteiger partial charge in [0.25, 0.3) is 0 Å². The molecule has 0 aromatic heterocycles. The van der Waals surface area contributed by atoms with Crippen LogP contribution in [0.25, 0.3) is 4.85 Å². The lowest BCUT2D eigenvalue weighted by molar-refractivity contribution is -0.163. The van der Waals surface area contributed by atoms with Crippen LogP contribution >= 0.6 is 0 Å². The third kappa shape index (κ3) is 1.48. The molecule has 1 spiro atoms. The lowest BCUT2D eigenvalue weighted by atomic mass is 9.92. The van der Waals surface area contributed by atoms with Crippen LogP contribution in [0.2, 0.25) is 0 Å². The normalized spacial score (nSPS) is 26.5. The van der Waals surface area contributed by atoms with Crippen molar-refractivity contribution in [3.63, 3.8) is 0 Å². The van der Waals surface area contributed by atoms with Gasteiger partial charge in [-0.2, -0.15) is 0 Å². The monoisotopic (exact) mass is 179 g/mol. The van der Waals surface area contributed by atoms with E-state index in [-0.39, 0.29) is 5.79 Å². The quantitative estimate of drug-likeness (QED) is 0.531. The van der Waals surface area contributed by atoms with Gasteiger partial charge in [-0.25, -0.2) is 4.85 Å². The first-order valence-corrected chi connectivity index (χ1v) is 4.60. The van der Waals surface area contributed by atoms with Crippen LogP contribution in [0.5, 0.6) is 0 Å². The van der Waals surface area contributed by atoms with E-state index in [1.54, 1.807) is 0 Å². The zero-order chi connectivity index (χ0) is 9.31. The summed E-state index contributed by atoms with van der Waals surface area (Å²) in [5, 5.41) is 0. The zero-order valence-corrected chi connectivity index (χ0v) is 7.80. The fourth-order valence-electron chi connectivity index (χ4n) is 2.01. The second kappa shape index (κ2) is 3.13. The number of hydrogen-bond acceptors (Lipinski definition) is 2. The van der Waals surface area contributed by atoms with Crippen LogP contribution in [-0.4, -0.2) is 19.0 Å². The fraction of sp³-hybridized carbons (Fsp3) is 0.700. The first-order valence-electron chi connectivity index (χ1n) is 4.60. The minimum absolute atomic E-state index is 0.377. The van der Waals surface area contributed by atoms with Crippen LogP contribution < -0.4 is 0 Å². The van der Waals surface area contributed by atoms with Gasteiger partial charge < -0.3 is 9.47 Å². The molecule has 1 saturated heterocycles. The summed E-state index contributed by atoms with van der Waals surface area (Å²) >= 11 is 0. The van der Waals surface area contributed by atoms with Crippen molar-refractivity contribution in [3.8, 4) is 0 Å². The van der Waals surface area contributed by atoms with Crippen molar-refractivity contribution in [2.24, 2.45) is 0 Å². The molecule has 70 valence electrons. The lowest BCUT2D eigenvalue weighted by Gasteiger charge is -2.31. The summed E-state index contributed by atoms with van der Waals surface area (Å²) in [5.41, 5.74) is 2.02. The lowest BCUT2D eigenvalue weighted by Crippen LogP contribution is -2.33. The van der Waals surface area contributed by atoms with Crippen molar-refractivity contribution in [1.29, 1.82) is 0 Å². The average Bonchev–Trinajstić information content (AvgIpc) is 2.54. The smallest absolute Gasteiger partial charge is 0.170 e. The van der Waals surface area contributed by atoms with E-state index >= 15 is 0 Å². The Bertz CT molecular complexity index is 282. The molecule has 0 unspecified atom stereocenters. The van der Waals surface area contributed by atoms with Gasteiger partial charge in [0, 0.05) is 6.42 Å². The van der Waals surface area contributed by atoms with Crippen LogP contribution in [0, 0.1) is 6.57 Å². The Kier molecular flexibility index (Phi) is 2.10. The standard InChI is InChI=1S/C10H13NO2/c1-8-7-10(12-5-6-13-10)4-3-9(8)11-2/h3-7H2,1H3. The number of allylic oxidation sites excluding steroid dienone is 1. The second-order valence-corrected chi connectivity index (χ2v) is 3.62. The van der Waals surface area contributed by atoms with Crippen LogP contribution in [-0.2, 0) is 9.47 Å². The Morgan fingerprint density at radius 3 is 2.62 bits per heavy atom. The highest BCUT2D eigenvalue weighted by Gasteiger charge is 2.39. The summed E-state index contributed by atoms with van der Waals surface area (Å²) in [6.45, 7) is 10.4. The Balaban J connectivity index is 2.17. The highest BCUT2D eigenvalue weighted by atomic mass is 16.7. The van der Waals surface area contributed by atoms with Gasteiger partial charge in [-0.1, -0.05) is 12.5 Å². The molecule has 1 aliphatic carbocycles. The number of ether oxygens (including phenoxy) is 2. The van der Waals surface area contributed by atoms with Crippen molar-refractivity contribution in [2.75, 3.05) is 13.2 Å². The maximum Gasteiger partial charge on any atom is 0.170 e. The van der Waals surface area contributed by atoms with Gasteiger partial charge in [0.1, 0.15) is 0 Å². The molecule has 0 aromatic carbocycles. The first kappa shape index (κ1) is 8.74. The molecular formula is C10H13NO2. The van der Waals surface area contributed by atoms with Crippen molar-refractivity contribution in [3.05, 3.63) is 22.7 Å². The molecule has 1 heterocycles. The maximum atomic E-state index is 6.97. The molecule has 0 radical (unpaired) electrons. The van der Waals surface area contributed by atoms with E-state index in [1.165, 1.54) is 0 Å². The van der Waals surface area contributed by atoms with Gasteiger partial charge in [-0.05, 0) is 12.8 Å². The maximum absolute atomic E-state index is 6.97. The molecule has 1 fully saturated rings. The minimum atomic E-state index is -0.377. The summed E-state index contributed by atoms with van der Waals surface area (Å²) in [5.74, 6) is -0.377. The Morgan fingerprint density at radius 1 is 1.38 bits per heavy atom. The highest BCUT2D eigenvalue weighted by molar-refractivity contribution is 5.23. The summed E-state index contributed by atoms with van der Waals surface area (Å²) < 4.78 is 11.2. The van der Waals surface area contributed by atoms with E-state index in [9.17, 15) is 0 Å². The Hall–Kier alpha value is -0.850. The molecule has 13 heavy (non-hydrogen) atoms. The van der Waals surface area contributed by atoms with Gasteiger partial charge in [-0.15, -0.1) is 0 Å². The van der Waals surface area contributed by atoms with E-state index in [0.717, 1.165) is 30.5 Å². The molecule has 0 aromatic rings. The van der Waals surface area contributed by atoms with Gasteiger partial charge in [-0.3, -0.25) is 0 Å². The van der Waals surface area contributed by atoms with Gasteiger partial charge in [0.05, 0.1) is 19.8 Å². The van der Waals surface area contributed by atoms with E-state index in [2.05, 4.69) is 4.85 Å². The largest absolute Gasteiger partial charge is 0.347 e. The summed E-state index contributed by atoms with van der Waals surface area (Å²) in [7, 11) is 0. The van der Waals surface area contributed by atoms with Crippen LogP contribution in [0.3, 0.4) is 0 Å². The molecule has 3 heteroatoms. The molecule has 0 atom stereocenters. The molecule has 0 bridgehead atoms. The Morgan fingerprint density at radius 2 is 2.08 bits per heavy atom. The van der Waals surface area contributed by atoms with Gasteiger partial charge in [0.2, 0.25) is 0 Å². The van der Waals surface area contributed by atoms with E-state index in [1.807, 2.05) is 6.92 Å². The Labute approximate surface area is 78.2 Å².